The van der Waals surface area contributed by atoms with Crippen molar-refractivity contribution in [3.63, 3.8) is 0 Å². The molecule has 0 atom stereocenters. The van der Waals surface area contributed by atoms with Crippen molar-refractivity contribution in [1.82, 2.24) is 19.8 Å². The van der Waals surface area contributed by atoms with Gasteiger partial charge in [0.05, 0.1) is 11.3 Å². The number of alkyl halides is 3. The van der Waals surface area contributed by atoms with E-state index in [1.54, 1.807) is 6.20 Å². The zero-order valence-corrected chi connectivity index (χ0v) is 21.0. The lowest BCUT2D eigenvalue weighted by Gasteiger charge is -2.34. The second-order valence-corrected chi connectivity index (χ2v) is 8.54. The Morgan fingerprint density at radius 3 is 2.22 bits per heavy atom. The normalized spacial score (nSPS) is 15.0. The molecule has 2 heterocycles. The molecule has 11 heteroatoms. The molecule has 1 aliphatic heterocycles. The van der Waals surface area contributed by atoms with Gasteiger partial charge in [0.15, 0.2) is 0 Å². The van der Waals surface area contributed by atoms with Gasteiger partial charge in [-0.1, -0.05) is 0 Å². The van der Waals surface area contributed by atoms with E-state index in [1.807, 2.05) is 14.1 Å². The van der Waals surface area contributed by atoms with Crippen LogP contribution in [0.5, 0.6) is 0 Å². The maximum atomic E-state index is 13.7. The highest BCUT2D eigenvalue weighted by molar-refractivity contribution is 5.86. The van der Waals surface area contributed by atoms with Crippen LogP contribution in [0, 0.1) is 5.82 Å². The summed E-state index contributed by atoms with van der Waals surface area (Å²) < 4.78 is 55.2. The molecule has 2 aromatic rings. The summed E-state index contributed by atoms with van der Waals surface area (Å²) in [6.45, 7) is 6.65. The zero-order valence-electron chi connectivity index (χ0n) is 18.5. The molecule has 32 heavy (non-hydrogen) atoms. The first-order chi connectivity index (χ1) is 13.5. The number of rotatable bonds is 5. The van der Waals surface area contributed by atoms with E-state index >= 15 is 0 Å². The van der Waals surface area contributed by atoms with Crippen molar-refractivity contribution >= 4 is 37.2 Å². The Labute approximate surface area is 205 Å². The number of piperidine rings is 1. The van der Waals surface area contributed by atoms with Gasteiger partial charge in [0.2, 0.25) is 0 Å². The smallest absolute Gasteiger partial charge is 0.332 e. The molecule has 0 aliphatic carbocycles. The monoisotopic (exact) mass is 520 g/mol. The van der Waals surface area contributed by atoms with Crippen LogP contribution in [0.3, 0.4) is 0 Å². The second-order valence-electron chi connectivity index (χ2n) is 8.54. The second kappa shape index (κ2) is 11.9. The van der Waals surface area contributed by atoms with Gasteiger partial charge in [0.1, 0.15) is 11.6 Å². The lowest BCUT2D eigenvalue weighted by Crippen LogP contribution is -2.42. The van der Waals surface area contributed by atoms with Crippen molar-refractivity contribution < 1.29 is 17.6 Å². The van der Waals surface area contributed by atoms with E-state index in [1.165, 1.54) is 6.07 Å². The number of aromatic nitrogens is 2. The Bertz CT molecular complexity index is 863. The molecule has 1 N–H and O–H groups in total. The molecule has 1 aromatic carbocycles. The summed E-state index contributed by atoms with van der Waals surface area (Å²) in [7, 11) is 4.00. The van der Waals surface area contributed by atoms with Crippen molar-refractivity contribution in [2.24, 2.45) is 0 Å². The Morgan fingerprint density at radius 2 is 1.69 bits per heavy atom. The Kier molecular flexibility index (Phi) is 11.5. The van der Waals surface area contributed by atoms with Gasteiger partial charge in [0.25, 0.3) is 0 Å². The summed E-state index contributed by atoms with van der Waals surface area (Å²) in [5, 5.41) is 3.33. The minimum Gasteiger partial charge on any atom is -0.332 e. The molecular formula is C21H31Cl3F4N4. The average molecular weight is 522 g/mol. The van der Waals surface area contributed by atoms with Crippen molar-refractivity contribution in [3.8, 4) is 11.3 Å². The standard InChI is InChI=1S/C21H28F4N4.3ClH/c1-20(2,28(3)4)13-29-12-18(27-19(29)14-7-9-26-10-8-14)15-5-6-17(22)16(11-15)21(23,24)25;;;/h5-6,11-12,14,26H,7-10,13H2,1-4H3;3*1H. The van der Waals surface area contributed by atoms with Gasteiger partial charge in [-0.3, -0.25) is 0 Å². The van der Waals surface area contributed by atoms with Gasteiger partial charge in [-0.25, -0.2) is 9.37 Å². The van der Waals surface area contributed by atoms with Crippen LogP contribution in [0.2, 0.25) is 0 Å². The highest BCUT2D eigenvalue weighted by Crippen LogP contribution is 2.35. The van der Waals surface area contributed by atoms with Crippen LogP contribution in [0.25, 0.3) is 11.3 Å². The largest absolute Gasteiger partial charge is 0.419 e. The number of benzene rings is 1. The third-order valence-corrected chi connectivity index (χ3v) is 5.85. The number of nitrogens with zero attached hydrogens (tertiary/aromatic N) is 3. The molecule has 0 amide bonds. The van der Waals surface area contributed by atoms with Crippen LogP contribution in [0.1, 0.15) is 44.0 Å². The lowest BCUT2D eigenvalue weighted by atomic mass is 9.96. The van der Waals surface area contributed by atoms with Gasteiger partial charge >= 0.3 is 6.18 Å². The van der Waals surface area contributed by atoms with E-state index in [4.69, 9.17) is 4.98 Å². The van der Waals surface area contributed by atoms with Gasteiger partial charge in [-0.15, -0.1) is 37.2 Å². The molecule has 1 fully saturated rings. The van der Waals surface area contributed by atoms with Gasteiger partial charge in [0, 0.05) is 29.8 Å². The highest BCUT2D eigenvalue weighted by atomic mass is 35.5. The van der Waals surface area contributed by atoms with E-state index < -0.39 is 17.6 Å². The fourth-order valence-electron chi connectivity index (χ4n) is 3.56. The fourth-order valence-corrected chi connectivity index (χ4v) is 3.56. The SMILES string of the molecule is CN(C)C(C)(C)Cn1cc(-c2ccc(F)c(C(F)(F)F)c2)nc1C1CCNCC1.Cl.Cl.Cl. The molecule has 184 valence electrons. The predicted octanol–water partition coefficient (Wildman–Crippen LogP) is 5.78. The van der Waals surface area contributed by atoms with E-state index in [0.717, 1.165) is 43.9 Å². The van der Waals surface area contributed by atoms with E-state index in [-0.39, 0.29) is 54.2 Å². The van der Waals surface area contributed by atoms with E-state index in [9.17, 15) is 17.6 Å². The van der Waals surface area contributed by atoms with Crippen LogP contribution in [-0.2, 0) is 12.7 Å². The molecule has 0 spiro atoms. The minimum absolute atomic E-state index is 0. The van der Waals surface area contributed by atoms with Crippen molar-refractivity contribution in [3.05, 3.63) is 41.6 Å². The third-order valence-electron chi connectivity index (χ3n) is 5.85. The minimum atomic E-state index is -4.74. The predicted molar refractivity (Wildman–Crippen MR) is 127 cm³/mol. The van der Waals surface area contributed by atoms with Crippen molar-refractivity contribution in [1.29, 1.82) is 0 Å². The molecule has 1 aliphatic rings. The maximum absolute atomic E-state index is 13.7. The van der Waals surface area contributed by atoms with Crippen molar-refractivity contribution in [2.75, 3.05) is 27.2 Å². The number of imidazole rings is 1. The molecule has 0 saturated carbocycles. The van der Waals surface area contributed by atoms with Crippen LogP contribution >= 0.6 is 37.2 Å². The number of hydrogen-bond acceptors (Lipinski definition) is 3. The Hall–Kier alpha value is -1.06. The quantitative estimate of drug-likeness (QED) is 0.506. The molecule has 4 nitrogen and oxygen atoms in total. The number of hydrogen-bond donors (Lipinski definition) is 1. The summed E-state index contributed by atoms with van der Waals surface area (Å²) in [5.41, 5.74) is -0.713. The van der Waals surface area contributed by atoms with Gasteiger partial charge in [-0.05, 0) is 72.1 Å². The molecule has 3 rings (SSSR count). The lowest BCUT2D eigenvalue weighted by molar-refractivity contribution is -0.139. The highest BCUT2D eigenvalue weighted by Gasteiger charge is 2.35. The van der Waals surface area contributed by atoms with Gasteiger partial charge < -0.3 is 14.8 Å². The molecular weight excluding hydrogens is 491 g/mol. The summed E-state index contributed by atoms with van der Waals surface area (Å²) >= 11 is 0. The van der Waals surface area contributed by atoms with E-state index in [2.05, 4.69) is 28.6 Å². The molecule has 1 aromatic heterocycles. The van der Waals surface area contributed by atoms with Crippen LogP contribution < -0.4 is 5.32 Å². The van der Waals surface area contributed by atoms with Crippen LogP contribution in [0.15, 0.2) is 24.4 Å². The number of nitrogens with one attached hydrogen (secondary N) is 1. The first-order valence-corrected chi connectivity index (χ1v) is 9.81. The van der Waals surface area contributed by atoms with Gasteiger partial charge in [-0.2, -0.15) is 13.2 Å². The van der Waals surface area contributed by atoms with Crippen molar-refractivity contribution in [2.45, 2.75) is 50.9 Å². The summed E-state index contributed by atoms with van der Waals surface area (Å²) in [4.78, 5) is 6.84. The maximum Gasteiger partial charge on any atom is 0.419 e. The summed E-state index contributed by atoms with van der Waals surface area (Å²) in [5.74, 6) is -0.146. The first kappa shape index (κ1) is 30.9. The third kappa shape index (κ3) is 6.97. The molecule has 1 saturated heterocycles. The topological polar surface area (TPSA) is 33.1 Å². The Morgan fingerprint density at radius 1 is 1.09 bits per heavy atom. The first-order valence-electron chi connectivity index (χ1n) is 9.81. The Balaban J connectivity index is 0.00000320. The molecule has 0 unspecified atom stereocenters. The van der Waals surface area contributed by atoms with E-state index in [0.29, 0.717) is 12.2 Å². The zero-order chi connectivity index (χ0) is 21.4. The summed E-state index contributed by atoms with van der Waals surface area (Å²) in [6, 6.07) is 3.08. The fraction of sp³-hybridized carbons (Fsp3) is 0.571. The molecule has 0 radical (unpaired) electrons. The number of likely N-dealkylation sites (N-methyl/N-ethyl adjacent to an activating group) is 1. The molecule has 0 bridgehead atoms. The summed E-state index contributed by atoms with van der Waals surface area (Å²) in [6.07, 6.45) is -1.09. The average Bonchev–Trinajstić information content (AvgIpc) is 3.04. The van der Waals surface area contributed by atoms with Crippen LogP contribution in [-0.4, -0.2) is 47.2 Å². The number of halogens is 7. The van der Waals surface area contributed by atoms with Crippen LogP contribution in [0.4, 0.5) is 17.6 Å².